The van der Waals surface area contributed by atoms with Gasteiger partial charge in [0.1, 0.15) is 5.82 Å². The van der Waals surface area contributed by atoms with Crippen molar-refractivity contribution in [2.45, 2.75) is 72.3 Å². The number of aromatic nitrogens is 1. The lowest BCUT2D eigenvalue weighted by atomic mass is 9.95. The number of rotatable bonds is 30. The molecule has 13 heteroatoms. The molecule has 4 aromatic rings. The first-order chi connectivity index (χ1) is 29.8. The van der Waals surface area contributed by atoms with Gasteiger partial charge in [-0.15, -0.1) is 0 Å². The van der Waals surface area contributed by atoms with Crippen molar-refractivity contribution in [1.82, 2.24) is 20.9 Å². The second-order valence-corrected chi connectivity index (χ2v) is 14.4. The third-order valence-electron chi connectivity index (χ3n) is 9.29. The number of nitrogens with one attached hydrogen (secondary N) is 4. The molecule has 0 bridgehead atoms. The van der Waals surface area contributed by atoms with E-state index in [9.17, 15) is 14.4 Å². The van der Waals surface area contributed by atoms with Crippen molar-refractivity contribution in [3.63, 3.8) is 0 Å². The zero-order valence-corrected chi connectivity index (χ0v) is 36.8. The Bertz CT molecular complexity index is 1820. The number of nitrogens with zero attached hydrogens (tertiary/aromatic N) is 1. The van der Waals surface area contributed by atoms with Gasteiger partial charge in [0.05, 0.1) is 78.5 Å². The highest BCUT2D eigenvalue weighted by atomic mass is 16.6. The molecule has 0 spiro atoms. The van der Waals surface area contributed by atoms with E-state index in [1.807, 2.05) is 61.5 Å². The molecule has 1 heterocycles. The lowest BCUT2D eigenvalue weighted by Gasteiger charge is -2.20. The third kappa shape index (κ3) is 22.0. The summed E-state index contributed by atoms with van der Waals surface area (Å²) in [6.45, 7) is 14.0. The van der Waals surface area contributed by atoms with Gasteiger partial charge in [0.2, 0.25) is 17.7 Å². The number of hydrogen-bond acceptors (Lipinski definition) is 10. The molecule has 4 rings (SSSR count). The summed E-state index contributed by atoms with van der Waals surface area (Å²) in [7, 11) is 0. The topological polar surface area (TPSA) is 158 Å². The molecule has 0 aliphatic carbocycles. The standard InChI is InChI=1S/C44H59N5O8.C4H10.4H2/c1-3-21-53-23-25-55-27-29-57-30-28-56-26-24-54-22-20-47-43(51)32-40(37-15-13-36(14-16-37)39-11-6-9-35-8-4-5-10-38(35)39)49-44(52)33-48-42(50)12-7-18-45-41-31-34(2)17-19-46-41;1-3-4-2;;;;/h4-6,8-11,13-17,19,31,40H,3,7,12,18,20-30,32-33H2,1-2H3,(H,45,46)(H,47,51)(H,48,50)(H,49,52);3-4H2,1-2H3;4*1H/t40-;;;;;/m0...../s1. The van der Waals surface area contributed by atoms with Gasteiger partial charge in [0.15, 0.2) is 0 Å². The van der Waals surface area contributed by atoms with Crippen molar-refractivity contribution in [3.8, 4) is 11.1 Å². The molecule has 0 radical (unpaired) electrons. The number of carbonyl (C=O) groups excluding carboxylic acids is 3. The van der Waals surface area contributed by atoms with Gasteiger partial charge in [-0.25, -0.2) is 4.98 Å². The van der Waals surface area contributed by atoms with Crippen LogP contribution >= 0.6 is 0 Å². The van der Waals surface area contributed by atoms with Crippen molar-refractivity contribution >= 4 is 34.3 Å². The molecule has 342 valence electrons. The zero-order valence-electron chi connectivity index (χ0n) is 36.8. The predicted octanol–water partition coefficient (Wildman–Crippen LogP) is 8.17. The van der Waals surface area contributed by atoms with Crippen molar-refractivity contribution in [1.29, 1.82) is 0 Å². The van der Waals surface area contributed by atoms with Crippen LogP contribution in [0.15, 0.2) is 85.1 Å². The van der Waals surface area contributed by atoms with E-state index in [-0.39, 0.29) is 36.9 Å². The third-order valence-corrected chi connectivity index (χ3v) is 9.29. The van der Waals surface area contributed by atoms with Gasteiger partial charge < -0.3 is 45.0 Å². The molecule has 0 unspecified atom stereocenters. The van der Waals surface area contributed by atoms with Crippen LogP contribution in [-0.4, -0.2) is 108 Å². The van der Waals surface area contributed by atoms with Crippen LogP contribution in [0.5, 0.6) is 0 Å². The minimum atomic E-state index is -0.620. The van der Waals surface area contributed by atoms with E-state index < -0.39 is 11.9 Å². The van der Waals surface area contributed by atoms with Crippen LogP contribution in [0.3, 0.4) is 0 Å². The van der Waals surface area contributed by atoms with Gasteiger partial charge in [-0.1, -0.05) is 100 Å². The smallest absolute Gasteiger partial charge is 0.239 e. The molecule has 1 aromatic heterocycles. The van der Waals surface area contributed by atoms with E-state index in [2.05, 4.69) is 71.3 Å². The number of hydrogen-bond donors (Lipinski definition) is 4. The van der Waals surface area contributed by atoms with Crippen LogP contribution in [-0.2, 0) is 38.1 Å². The Hall–Kier alpha value is -4.92. The predicted molar refractivity (Wildman–Crippen MR) is 251 cm³/mol. The number of unbranched alkanes of at least 4 members (excludes halogenated alkanes) is 1. The van der Waals surface area contributed by atoms with Crippen LogP contribution in [0.25, 0.3) is 21.9 Å². The van der Waals surface area contributed by atoms with Gasteiger partial charge >= 0.3 is 0 Å². The Kier molecular flexibility index (Phi) is 26.4. The fourth-order valence-electron chi connectivity index (χ4n) is 5.88. The van der Waals surface area contributed by atoms with E-state index in [1.165, 1.54) is 12.8 Å². The maximum Gasteiger partial charge on any atom is 0.239 e. The van der Waals surface area contributed by atoms with E-state index in [1.54, 1.807) is 6.20 Å². The van der Waals surface area contributed by atoms with Crippen molar-refractivity contribution in [3.05, 3.63) is 96.2 Å². The summed E-state index contributed by atoms with van der Waals surface area (Å²) < 4.78 is 27.4. The number of anilines is 1. The molecule has 13 nitrogen and oxygen atoms in total. The maximum atomic E-state index is 13.1. The molecule has 0 aliphatic heterocycles. The normalized spacial score (nSPS) is 11.3. The van der Waals surface area contributed by atoms with Crippen LogP contribution in [0.2, 0.25) is 0 Å². The lowest BCUT2D eigenvalue weighted by molar-refractivity contribution is -0.127. The minimum Gasteiger partial charge on any atom is -0.379 e. The molecule has 3 aromatic carbocycles. The molecule has 1 atom stereocenters. The first-order valence-corrected chi connectivity index (χ1v) is 21.8. The average Bonchev–Trinajstić information content (AvgIpc) is 3.28. The zero-order chi connectivity index (χ0) is 43.8. The Morgan fingerprint density at radius 2 is 1.26 bits per heavy atom. The van der Waals surface area contributed by atoms with E-state index in [0.717, 1.165) is 51.9 Å². The molecule has 0 aliphatic rings. The van der Waals surface area contributed by atoms with Crippen molar-refractivity contribution < 1.29 is 43.8 Å². The Labute approximate surface area is 368 Å². The number of amides is 3. The van der Waals surface area contributed by atoms with Crippen molar-refractivity contribution in [2.24, 2.45) is 0 Å². The Morgan fingerprint density at radius 1 is 0.639 bits per heavy atom. The van der Waals surface area contributed by atoms with Gasteiger partial charge in [-0.3, -0.25) is 14.4 Å². The summed E-state index contributed by atoms with van der Waals surface area (Å²) in [5.41, 5.74) is 3.98. The Morgan fingerprint density at radius 3 is 1.90 bits per heavy atom. The summed E-state index contributed by atoms with van der Waals surface area (Å²) in [4.78, 5) is 43.0. The quantitative estimate of drug-likeness (QED) is 0.0377. The number of pyridine rings is 1. The molecular weight excluding hydrogens is 775 g/mol. The van der Waals surface area contributed by atoms with Gasteiger partial charge in [-0.05, 0) is 64.9 Å². The fourth-order valence-corrected chi connectivity index (χ4v) is 5.88. The van der Waals surface area contributed by atoms with Crippen LogP contribution in [0.1, 0.15) is 82.2 Å². The van der Waals surface area contributed by atoms with Gasteiger partial charge in [0.25, 0.3) is 0 Å². The summed E-state index contributed by atoms with van der Waals surface area (Å²) in [5, 5.41) is 14.0. The first-order valence-electron chi connectivity index (χ1n) is 21.8. The Balaban J connectivity index is 0. The van der Waals surface area contributed by atoms with Gasteiger partial charge in [-0.2, -0.15) is 0 Å². The molecule has 0 saturated carbocycles. The average molecular weight is 852 g/mol. The largest absolute Gasteiger partial charge is 0.379 e. The summed E-state index contributed by atoms with van der Waals surface area (Å²) in [6, 6.07) is 25.5. The molecule has 4 N–H and O–H groups in total. The summed E-state index contributed by atoms with van der Waals surface area (Å²) in [5.74, 6) is -0.113. The number of fused-ring (bicyclic) bond motifs is 1. The summed E-state index contributed by atoms with van der Waals surface area (Å²) in [6.07, 6.45) is 6.21. The minimum absolute atomic E-state index is 0. The monoisotopic (exact) mass is 852 g/mol. The second kappa shape index (κ2) is 31.9. The van der Waals surface area contributed by atoms with E-state index in [4.69, 9.17) is 23.7 Å². The van der Waals surface area contributed by atoms with Gasteiger partial charge in [0, 0.05) is 38.0 Å². The summed E-state index contributed by atoms with van der Waals surface area (Å²) >= 11 is 0. The highest BCUT2D eigenvalue weighted by molar-refractivity contribution is 5.96. The lowest BCUT2D eigenvalue weighted by Crippen LogP contribution is -2.40. The van der Waals surface area contributed by atoms with Crippen LogP contribution in [0, 0.1) is 6.92 Å². The van der Waals surface area contributed by atoms with Crippen LogP contribution < -0.4 is 21.3 Å². The van der Waals surface area contributed by atoms with E-state index in [0.29, 0.717) is 79.0 Å². The molecule has 0 fully saturated rings. The van der Waals surface area contributed by atoms with Crippen molar-refractivity contribution in [2.75, 3.05) is 91.0 Å². The number of benzene rings is 3. The highest BCUT2D eigenvalue weighted by Crippen LogP contribution is 2.30. The second-order valence-electron chi connectivity index (χ2n) is 14.4. The van der Waals surface area contributed by atoms with Crippen LogP contribution in [0.4, 0.5) is 5.82 Å². The molecule has 0 saturated heterocycles. The SMILES string of the molecule is CCCC.CCCOCCOCCOCCOCCOCCNC(=O)C[C@H](NC(=O)CNC(=O)CCCNc1cc(C)ccn1)c1ccc(-c2cccc3ccccc23)cc1.[HH].[HH].[HH].[HH]. The molecule has 61 heavy (non-hydrogen) atoms. The highest BCUT2D eigenvalue weighted by Gasteiger charge is 2.19. The first kappa shape index (κ1) is 50.4. The maximum absolute atomic E-state index is 13.1. The number of ether oxygens (including phenoxy) is 5. The molecular formula is C48H77N5O8. The molecule has 3 amide bonds. The number of aryl methyl sites for hydroxylation is 1. The number of carbonyl (C=O) groups is 3. The fraction of sp³-hybridized carbons (Fsp3) is 0.500. The van der Waals surface area contributed by atoms with E-state index >= 15 is 0 Å².